The molecule has 0 N–H and O–H groups in total. The van der Waals surface area contributed by atoms with E-state index in [2.05, 4.69) is 4.90 Å². The summed E-state index contributed by atoms with van der Waals surface area (Å²) in [5.74, 6) is 1.87. The van der Waals surface area contributed by atoms with Gasteiger partial charge in [-0.25, -0.2) is 14.4 Å². The molecule has 1 atom stereocenters. The number of ether oxygens (including phenoxy) is 2. The highest BCUT2D eigenvalue weighted by atomic mass is 19.1. The molecule has 2 heterocycles. The number of para-hydroxylation sites is 1. The predicted octanol–water partition coefficient (Wildman–Crippen LogP) is 4.18. The van der Waals surface area contributed by atoms with Gasteiger partial charge in [-0.1, -0.05) is 18.2 Å². The van der Waals surface area contributed by atoms with Gasteiger partial charge in [0.05, 0.1) is 36.9 Å². The maximum absolute atomic E-state index is 14.2. The summed E-state index contributed by atoms with van der Waals surface area (Å²) < 4.78 is 25.1. The van der Waals surface area contributed by atoms with Gasteiger partial charge in [-0.15, -0.1) is 0 Å². The number of hydrogen-bond acceptors (Lipinski definition) is 7. The van der Waals surface area contributed by atoms with E-state index < -0.39 is 0 Å². The number of halogens is 1. The summed E-state index contributed by atoms with van der Waals surface area (Å²) >= 11 is 0. The molecule has 0 unspecified atom stereocenters. The minimum Gasteiger partial charge on any atom is -0.497 e. The third-order valence-corrected chi connectivity index (χ3v) is 6.94. The number of methoxy groups -OCH3 is 2. The molecule has 8 heteroatoms. The van der Waals surface area contributed by atoms with Crippen molar-refractivity contribution in [1.29, 1.82) is 0 Å². The lowest BCUT2D eigenvalue weighted by Gasteiger charge is -2.36. The van der Waals surface area contributed by atoms with Crippen LogP contribution in [0.5, 0.6) is 11.5 Å². The number of nitrogens with zero attached hydrogens (tertiary/aromatic N) is 4. The molecule has 1 aliphatic carbocycles. The molecular weight excluding hydrogens is 447 g/mol. The third kappa shape index (κ3) is 4.40. The minimum atomic E-state index is -0.208. The molecule has 7 nitrogen and oxygen atoms in total. The Hall–Kier alpha value is -3.68. The van der Waals surface area contributed by atoms with Crippen molar-refractivity contribution in [1.82, 2.24) is 9.97 Å². The Kier molecular flexibility index (Phi) is 6.28. The van der Waals surface area contributed by atoms with Gasteiger partial charge in [-0.05, 0) is 37.1 Å². The van der Waals surface area contributed by atoms with E-state index in [1.54, 1.807) is 20.3 Å². The van der Waals surface area contributed by atoms with Crippen LogP contribution in [0.3, 0.4) is 0 Å². The van der Waals surface area contributed by atoms with Crippen LogP contribution in [0.25, 0.3) is 0 Å². The first-order chi connectivity index (χ1) is 17.0. The van der Waals surface area contributed by atoms with Crippen molar-refractivity contribution >= 4 is 17.4 Å². The Balaban J connectivity index is 1.38. The van der Waals surface area contributed by atoms with E-state index in [0.717, 1.165) is 11.3 Å². The van der Waals surface area contributed by atoms with E-state index in [0.29, 0.717) is 73.4 Å². The number of hydrogen-bond donors (Lipinski definition) is 0. The van der Waals surface area contributed by atoms with Gasteiger partial charge in [0.25, 0.3) is 0 Å². The standard InChI is InChI=1S/C27H29FN4O3/c1-17-26-22(14-18(15-24(26)33)20-9-8-19(34-2)16-25(20)35-3)30-27(29-17)32-12-10-31(11-13-32)23-7-5-4-6-21(23)28/h4-9,16,18H,10-15H2,1-3H3/t18-/m0/s1. The molecule has 1 saturated heterocycles. The average Bonchev–Trinajstić information content (AvgIpc) is 2.88. The molecule has 1 aliphatic heterocycles. The molecule has 182 valence electrons. The van der Waals surface area contributed by atoms with Crippen LogP contribution < -0.4 is 19.3 Å². The summed E-state index contributed by atoms with van der Waals surface area (Å²) in [6.07, 6.45) is 1.02. The van der Waals surface area contributed by atoms with Crippen LogP contribution in [0, 0.1) is 12.7 Å². The second kappa shape index (κ2) is 9.52. The first-order valence-electron chi connectivity index (χ1n) is 11.9. The lowest BCUT2D eigenvalue weighted by Crippen LogP contribution is -2.47. The predicted molar refractivity (Wildman–Crippen MR) is 133 cm³/mol. The van der Waals surface area contributed by atoms with Crippen molar-refractivity contribution < 1.29 is 18.7 Å². The maximum atomic E-state index is 14.2. The van der Waals surface area contributed by atoms with Gasteiger partial charge in [0.15, 0.2) is 5.78 Å². The molecule has 1 aromatic heterocycles. The molecule has 2 aromatic carbocycles. The van der Waals surface area contributed by atoms with E-state index in [1.807, 2.05) is 42.2 Å². The highest BCUT2D eigenvalue weighted by Gasteiger charge is 2.32. The second-order valence-corrected chi connectivity index (χ2v) is 8.99. The number of rotatable bonds is 5. The Morgan fingerprint density at radius 3 is 2.40 bits per heavy atom. The van der Waals surface area contributed by atoms with Crippen LogP contribution in [-0.2, 0) is 6.42 Å². The zero-order valence-corrected chi connectivity index (χ0v) is 20.3. The van der Waals surface area contributed by atoms with Gasteiger partial charge in [-0.2, -0.15) is 0 Å². The Labute approximate surface area is 204 Å². The van der Waals surface area contributed by atoms with Crippen molar-refractivity contribution in [3.8, 4) is 11.5 Å². The number of carbonyl (C=O) groups excluding carboxylic acids is 1. The van der Waals surface area contributed by atoms with E-state index in [1.165, 1.54) is 6.07 Å². The van der Waals surface area contributed by atoms with E-state index in [-0.39, 0.29) is 17.5 Å². The number of fused-ring (bicyclic) bond motifs is 1. The van der Waals surface area contributed by atoms with Crippen LogP contribution in [-0.4, -0.2) is 56.1 Å². The smallest absolute Gasteiger partial charge is 0.225 e. The number of aryl methyl sites for hydroxylation is 1. The van der Waals surface area contributed by atoms with Crippen molar-refractivity contribution in [2.75, 3.05) is 50.2 Å². The van der Waals surface area contributed by atoms with Crippen molar-refractivity contribution in [2.45, 2.75) is 25.7 Å². The van der Waals surface area contributed by atoms with Gasteiger partial charge in [0, 0.05) is 44.6 Å². The normalized spacial score (nSPS) is 17.8. The molecule has 1 fully saturated rings. The zero-order chi connectivity index (χ0) is 24.5. The number of aromatic nitrogens is 2. The van der Waals surface area contributed by atoms with Crippen LogP contribution in [0.2, 0.25) is 0 Å². The van der Waals surface area contributed by atoms with Crippen LogP contribution >= 0.6 is 0 Å². The van der Waals surface area contributed by atoms with Crippen molar-refractivity contribution in [3.05, 3.63) is 70.8 Å². The first-order valence-corrected chi connectivity index (χ1v) is 11.9. The van der Waals surface area contributed by atoms with E-state index in [4.69, 9.17) is 19.4 Å². The summed E-state index contributed by atoms with van der Waals surface area (Å²) in [6.45, 7) is 4.58. The molecule has 0 spiro atoms. The van der Waals surface area contributed by atoms with Crippen LogP contribution in [0.4, 0.5) is 16.0 Å². The second-order valence-electron chi connectivity index (χ2n) is 8.99. The fourth-order valence-corrected chi connectivity index (χ4v) is 5.13. The lowest BCUT2D eigenvalue weighted by molar-refractivity contribution is 0.0961. The van der Waals surface area contributed by atoms with Gasteiger partial charge in [-0.3, -0.25) is 4.79 Å². The summed E-state index contributed by atoms with van der Waals surface area (Å²) in [5, 5.41) is 0. The molecule has 0 saturated carbocycles. The van der Waals surface area contributed by atoms with Crippen LogP contribution in [0.15, 0.2) is 42.5 Å². The third-order valence-electron chi connectivity index (χ3n) is 6.94. The van der Waals surface area contributed by atoms with Gasteiger partial charge in [0.2, 0.25) is 5.95 Å². The van der Waals surface area contributed by atoms with Crippen molar-refractivity contribution in [3.63, 3.8) is 0 Å². The molecule has 3 aromatic rings. The largest absolute Gasteiger partial charge is 0.497 e. The SMILES string of the molecule is COc1ccc([C@@H]2CC(=O)c3c(C)nc(N4CCN(c5ccccc5F)CC4)nc3C2)c(OC)c1. The first kappa shape index (κ1) is 23.1. The number of piperazine rings is 1. The Bertz CT molecular complexity index is 1260. The summed E-state index contributed by atoms with van der Waals surface area (Å²) in [5.41, 5.74) is 3.73. The zero-order valence-electron chi connectivity index (χ0n) is 20.3. The van der Waals surface area contributed by atoms with E-state index in [9.17, 15) is 9.18 Å². The van der Waals surface area contributed by atoms with Crippen molar-refractivity contribution in [2.24, 2.45) is 0 Å². The van der Waals surface area contributed by atoms with Gasteiger partial charge < -0.3 is 19.3 Å². The van der Waals surface area contributed by atoms with Gasteiger partial charge >= 0.3 is 0 Å². The fraction of sp³-hybridized carbons (Fsp3) is 0.370. The number of carbonyl (C=O) groups is 1. The monoisotopic (exact) mass is 476 g/mol. The summed E-state index contributed by atoms with van der Waals surface area (Å²) in [7, 11) is 3.24. The quantitative estimate of drug-likeness (QED) is 0.547. The number of ketones is 1. The van der Waals surface area contributed by atoms with Gasteiger partial charge in [0.1, 0.15) is 17.3 Å². The lowest BCUT2D eigenvalue weighted by atomic mass is 9.81. The number of anilines is 2. The Morgan fingerprint density at radius 1 is 0.943 bits per heavy atom. The highest BCUT2D eigenvalue weighted by Crippen LogP contribution is 2.39. The summed E-state index contributed by atoms with van der Waals surface area (Å²) in [4.78, 5) is 26.9. The molecule has 0 radical (unpaired) electrons. The Morgan fingerprint density at radius 2 is 1.69 bits per heavy atom. The maximum Gasteiger partial charge on any atom is 0.225 e. The number of benzene rings is 2. The molecule has 0 bridgehead atoms. The van der Waals surface area contributed by atoms with E-state index >= 15 is 0 Å². The molecular formula is C27H29FN4O3. The molecule has 35 heavy (non-hydrogen) atoms. The molecule has 0 amide bonds. The highest BCUT2D eigenvalue weighted by molar-refractivity contribution is 5.99. The van der Waals surface area contributed by atoms with Crippen LogP contribution in [0.1, 0.15) is 39.6 Å². The molecule has 2 aliphatic rings. The minimum absolute atomic E-state index is 0.0316. The summed E-state index contributed by atoms with van der Waals surface area (Å²) in [6, 6.07) is 12.6. The fourth-order valence-electron chi connectivity index (χ4n) is 5.13. The molecule has 5 rings (SSSR count). The number of Topliss-reactive ketones (excluding diaryl/α,β-unsaturated/α-hetero) is 1. The topological polar surface area (TPSA) is 67.8 Å². The average molecular weight is 477 g/mol.